The fourth-order valence-electron chi connectivity index (χ4n) is 5.31. The minimum absolute atomic E-state index is 0.00971. The molecule has 3 aliphatic heterocycles. The molecule has 3 fully saturated rings. The largest absolute Gasteiger partial charge is 0.469 e. The highest BCUT2D eigenvalue weighted by molar-refractivity contribution is 5.74. The Balaban J connectivity index is 1.43. The van der Waals surface area contributed by atoms with Crippen molar-refractivity contribution in [1.29, 1.82) is 0 Å². The Kier molecular flexibility index (Phi) is 4.35. The van der Waals surface area contributed by atoms with Gasteiger partial charge in [-0.25, -0.2) is 0 Å². The van der Waals surface area contributed by atoms with E-state index < -0.39 is 0 Å². The Bertz CT molecular complexity index is 581. The number of benzene rings is 1. The van der Waals surface area contributed by atoms with E-state index in [4.69, 9.17) is 4.74 Å². The van der Waals surface area contributed by atoms with E-state index in [0.29, 0.717) is 6.04 Å². The lowest BCUT2D eigenvalue weighted by Crippen LogP contribution is -2.52. The molecule has 3 saturated heterocycles. The van der Waals surface area contributed by atoms with Crippen molar-refractivity contribution < 1.29 is 9.53 Å². The van der Waals surface area contributed by atoms with Gasteiger partial charge in [0.2, 0.25) is 0 Å². The van der Waals surface area contributed by atoms with Crippen LogP contribution >= 0.6 is 0 Å². The first-order valence-electron chi connectivity index (χ1n) is 9.33. The Labute approximate surface area is 144 Å². The molecule has 0 unspecified atom stereocenters. The zero-order valence-corrected chi connectivity index (χ0v) is 14.6. The summed E-state index contributed by atoms with van der Waals surface area (Å²) < 4.78 is 5.10. The molecule has 0 radical (unpaired) electrons. The zero-order valence-electron chi connectivity index (χ0n) is 14.6. The summed E-state index contributed by atoms with van der Waals surface area (Å²) in [4.78, 5) is 17.5. The number of esters is 1. The quantitative estimate of drug-likeness (QED) is 0.799. The molecule has 0 aliphatic carbocycles. The molecule has 0 amide bonds. The predicted molar refractivity (Wildman–Crippen MR) is 93.5 cm³/mol. The normalized spacial score (nSPS) is 29.7. The Hall–Kier alpha value is -1.39. The lowest BCUT2D eigenvalue weighted by molar-refractivity contribution is -0.146. The molecular formula is C20H28N2O2. The van der Waals surface area contributed by atoms with Crippen LogP contribution < -0.4 is 0 Å². The molecular weight excluding hydrogens is 300 g/mol. The van der Waals surface area contributed by atoms with Gasteiger partial charge < -0.3 is 4.74 Å². The van der Waals surface area contributed by atoms with Crippen molar-refractivity contribution in [3.63, 3.8) is 0 Å². The molecule has 0 saturated carbocycles. The Morgan fingerprint density at radius 3 is 2.67 bits per heavy atom. The van der Waals surface area contributed by atoms with E-state index in [1.54, 1.807) is 0 Å². The molecule has 0 bridgehead atoms. The molecule has 3 aliphatic rings. The number of ether oxygens (including phenoxy) is 1. The molecule has 4 rings (SSSR count). The van der Waals surface area contributed by atoms with Crippen LogP contribution in [-0.2, 0) is 16.1 Å². The van der Waals surface area contributed by atoms with E-state index in [-0.39, 0.29) is 17.4 Å². The van der Waals surface area contributed by atoms with E-state index in [0.717, 1.165) is 39.0 Å². The van der Waals surface area contributed by atoms with E-state index >= 15 is 0 Å². The van der Waals surface area contributed by atoms with Crippen LogP contribution in [0.4, 0.5) is 0 Å². The minimum Gasteiger partial charge on any atom is -0.469 e. The third kappa shape index (κ3) is 2.76. The van der Waals surface area contributed by atoms with Crippen LogP contribution in [0, 0.1) is 5.92 Å². The SMILES string of the molecule is COC(=O)[C@H]1CC2(CCN(Cc3ccccc3)CC2)N2CCC[C@H]12. The molecule has 2 atom stereocenters. The number of piperidine rings is 1. The summed E-state index contributed by atoms with van der Waals surface area (Å²) in [6.45, 7) is 4.47. The van der Waals surface area contributed by atoms with Crippen LogP contribution in [0.5, 0.6) is 0 Å². The second-order valence-electron chi connectivity index (χ2n) is 7.72. The fourth-order valence-corrected chi connectivity index (χ4v) is 5.31. The van der Waals surface area contributed by atoms with Crippen LogP contribution in [0.1, 0.15) is 37.7 Å². The number of carbonyl (C=O) groups is 1. The number of fused-ring (bicyclic) bond motifs is 2. The van der Waals surface area contributed by atoms with Crippen molar-refractivity contribution in [1.82, 2.24) is 9.80 Å². The van der Waals surface area contributed by atoms with Crippen molar-refractivity contribution in [2.75, 3.05) is 26.7 Å². The number of nitrogens with zero attached hydrogens (tertiary/aromatic N) is 2. The Morgan fingerprint density at radius 2 is 1.96 bits per heavy atom. The van der Waals surface area contributed by atoms with Gasteiger partial charge in [-0.15, -0.1) is 0 Å². The van der Waals surface area contributed by atoms with Gasteiger partial charge in [-0.1, -0.05) is 30.3 Å². The summed E-state index contributed by atoms with van der Waals surface area (Å²) >= 11 is 0. The lowest BCUT2D eigenvalue weighted by atomic mass is 9.81. The molecule has 0 N–H and O–H groups in total. The Morgan fingerprint density at radius 1 is 1.21 bits per heavy atom. The van der Waals surface area contributed by atoms with Gasteiger partial charge in [-0.2, -0.15) is 0 Å². The van der Waals surface area contributed by atoms with E-state index in [9.17, 15) is 4.79 Å². The highest BCUT2D eigenvalue weighted by atomic mass is 16.5. The van der Waals surface area contributed by atoms with E-state index in [1.165, 1.54) is 31.9 Å². The summed E-state index contributed by atoms with van der Waals surface area (Å²) in [6, 6.07) is 11.2. The maximum Gasteiger partial charge on any atom is 0.310 e. The summed E-state index contributed by atoms with van der Waals surface area (Å²) in [5.74, 6) is 0.105. The number of carbonyl (C=O) groups excluding carboxylic acids is 1. The average molecular weight is 328 g/mol. The standard InChI is InChI=1S/C20H28N2O2/c1-24-19(23)17-14-20(22-11-5-8-18(17)22)9-12-21(13-10-20)15-16-6-3-2-4-7-16/h2-4,6-7,17-18H,5,8-15H2,1H3/t17-,18+/m0/s1. The maximum atomic E-state index is 12.2. The first-order chi connectivity index (χ1) is 11.7. The molecule has 0 aromatic heterocycles. The number of hydrogen-bond acceptors (Lipinski definition) is 4. The van der Waals surface area contributed by atoms with Crippen LogP contribution in [0.3, 0.4) is 0 Å². The molecule has 1 aromatic carbocycles. The second-order valence-corrected chi connectivity index (χ2v) is 7.72. The van der Waals surface area contributed by atoms with Crippen molar-refractivity contribution in [3.05, 3.63) is 35.9 Å². The van der Waals surface area contributed by atoms with Gasteiger partial charge in [0.25, 0.3) is 0 Å². The lowest BCUT2D eigenvalue weighted by Gasteiger charge is -2.45. The smallest absolute Gasteiger partial charge is 0.310 e. The number of hydrogen-bond donors (Lipinski definition) is 0. The number of methoxy groups -OCH3 is 1. The molecule has 1 aromatic rings. The molecule has 4 heteroatoms. The van der Waals surface area contributed by atoms with Gasteiger partial charge in [0.15, 0.2) is 0 Å². The molecule has 4 nitrogen and oxygen atoms in total. The topological polar surface area (TPSA) is 32.8 Å². The minimum atomic E-state index is 0.00971. The van der Waals surface area contributed by atoms with Gasteiger partial charge in [-0.3, -0.25) is 14.6 Å². The summed E-state index contributed by atoms with van der Waals surface area (Å²) in [5.41, 5.74) is 1.64. The van der Waals surface area contributed by atoms with Crippen LogP contribution in [0.2, 0.25) is 0 Å². The maximum absolute atomic E-state index is 12.2. The van der Waals surface area contributed by atoms with Gasteiger partial charge in [0.05, 0.1) is 13.0 Å². The van der Waals surface area contributed by atoms with E-state index in [2.05, 4.69) is 40.1 Å². The van der Waals surface area contributed by atoms with Crippen LogP contribution in [0.25, 0.3) is 0 Å². The average Bonchev–Trinajstić information content (AvgIpc) is 3.21. The molecule has 1 spiro atoms. The first kappa shape index (κ1) is 16.1. The second kappa shape index (κ2) is 6.49. The highest BCUT2D eigenvalue weighted by Gasteiger charge is 2.56. The summed E-state index contributed by atoms with van der Waals surface area (Å²) in [7, 11) is 1.54. The van der Waals surface area contributed by atoms with Crippen molar-refractivity contribution in [2.45, 2.75) is 50.2 Å². The summed E-state index contributed by atoms with van der Waals surface area (Å²) in [6.07, 6.45) is 5.76. The van der Waals surface area contributed by atoms with Gasteiger partial charge >= 0.3 is 5.97 Å². The monoisotopic (exact) mass is 328 g/mol. The third-order valence-corrected chi connectivity index (χ3v) is 6.51. The third-order valence-electron chi connectivity index (χ3n) is 6.51. The number of rotatable bonds is 3. The highest BCUT2D eigenvalue weighted by Crippen LogP contribution is 2.49. The van der Waals surface area contributed by atoms with Crippen molar-refractivity contribution in [3.8, 4) is 0 Å². The summed E-state index contributed by atoms with van der Waals surface area (Å²) in [5, 5.41) is 0. The first-order valence-corrected chi connectivity index (χ1v) is 9.33. The molecule has 3 heterocycles. The number of likely N-dealkylation sites (tertiary alicyclic amines) is 1. The van der Waals surface area contributed by atoms with Gasteiger partial charge in [0, 0.05) is 31.2 Å². The predicted octanol–water partition coefficient (Wildman–Crippen LogP) is 2.68. The van der Waals surface area contributed by atoms with E-state index in [1.807, 2.05) is 0 Å². The van der Waals surface area contributed by atoms with Gasteiger partial charge in [-0.05, 0) is 44.2 Å². The molecule has 130 valence electrons. The fraction of sp³-hybridized carbons (Fsp3) is 0.650. The van der Waals surface area contributed by atoms with Crippen molar-refractivity contribution in [2.24, 2.45) is 5.92 Å². The molecule has 24 heavy (non-hydrogen) atoms. The zero-order chi connectivity index (χ0) is 16.6. The van der Waals surface area contributed by atoms with Crippen LogP contribution in [-0.4, -0.2) is 54.1 Å². The van der Waals surface area contributed by atoms with Crippen LogP contribution in [0.15, 0.2) is 30.3 Å². The van der Waals surface area contributed by atoms with Crippen molar-refractivity contribution >= 4 is 5.97 Å². The van der Waals surface area contributed by atoms with Gasteiger partial charge in [0.1, 0.15) is 0 Å².